The molecule has 0 bridgehead atoms. The largest absolute Gasteiger partial charge is 0.370 e. The van der Waals surface area contributed by atoms with E-state index in [1.807, 2.05) is 24.4 Å². The van der Waals surface area contributed by atoms with Gasteiger partial charge in [0.1, 0.15) is 11.4 Å². The van der Waals surface area contributed by atoms with Crippen LogP contribution in [-0.4, -0.2) is 27.2 Å². The summed E-state index contributed by atoms with van der Waals surface area (Å²) in [6, 6.07) is 10.3. The second kappa shape index (κ2) is 6.80. The number of methoxy groups -OCH3 is 1. The first kappa shape index (κ1) is 16.0. The zero-order chi connectivity index (χ0) is 17.1. The topological polar surface area (TPSA) is 76.8 Å². The van der Waals surface area contributed by atoms with Crippen molar-refractivity contribution in [3.8, 4) is 0 Å². The van der Waals surface area contributed by atoms with Crippen LogP contribution in [0.3, 0.4) is 0 Å². The zero-order valence-electron chi connectivity index (χ0n) is 14.3. The molecule has 1 saturated carbocycles. The first-order valence-electron chi connectivity index (χ1n) is 8.73. The van der Waals surface area contributed by atoms with Crippen molar-refractivity contribution in [2.75, 3.05) is 7.11 Å². The van der Waals surface area contributed by atoms with Crippen molar-refractivity contribution in [1.82, 2.24) is 20.1 Å². The highest BCUT2D eigenvalue weighted by molar-refractivity contribution is 5.26. The van der Waals surface area contributed by atoms with Gasteiger partial charge in [-0.2, -0.15) is 4.98 Å². The quantitative estimate of drug-likeness (QED) is 0.743. The summed E-state index contributed by atoms with van der Waals surface area (Å²) < 4.78 is 11.3. The van der Waals surface area contributed by atoms with Crippen LogP contribution in [0.5, 0.6) is 0 Å². The van der Waals surface area contributed by atoms with Crippen LogP contribution < -0.4 is 0 Å². The van der Waals surface area contributed by atoms with Crippen LogP contribution in [0.2, 0.25) is 0 Å². The van der Waals surface area contributed by atoms with Crippen LogP contribution >= 0.6 is 0 Å². The molecule has 4 rings (SSSR count). The molecule has 25 heavy (non-hydrogen) atoms. The van der Waals surface area contributed by atoms with E-state index >= 15 is 0 Å². The number of aromatic nitrogens is 4. The number of aromatic amines is 1. The lowest BCUT2D eigenvalue weighted by atomic mass is 9.95. The average Bonchev–Trinajstić information content (AvgIpc) is 3.42. The molecule has 0 saturated heterocycles. The number of nitrogens with zero attached hydrogens (tertiary/aromatic N) is 3. The molecule has 1 aromatic carbocycles. The summed E-state index contributed by atoms with van der Waals surface area (Å²) in [5, 5.41) is 4.23. The molecule has 0 amide bonds. The number of H-pyrrole nitrogens is 1. The predicted octanol–water partition coefficient (Wildman–Crippen LogP) is 3.58. The van der Waals surface area contributed by atoms with E-state index in [2.05, 4.69) is 32.2 Å². The summed E-state index contributed by atoms with van der Waals surface area (Å²) >= 11 is 0. The van der Waals surface area contributed by atoms with Crippen molar-refractivity contribution in [3.63, 3.8) is 0 Å². The van der Waals surface area contributed by atoms with Crippen LogP contribution in [0, 0.1) is 0 Å². The smallest absolute Gasteiger partial charge is 0.227 e. The number of ether oxygens (including phenoxy) is 1. The van der Waals surface area contributed by atoms with Gasteiger partial charge in [0.25, 0.3) is 0 Å². The van der Waals surface area contributed by atoms with Crippen LogP contribution in [0.15, 0.2) is 47.2 Å². The minimum absolute atomic E-state index is 0.0478. The number of hydrogen-bond donors (Lipinski definition) is 1. The van der Waals surface area contributed by atoms with Crippen molar-refractivity contribution in [1.29, 1.82) is 0 Å². The van der Waals surface area contributed by atoms with E-state index in [1.54, 1.807) is 13.3 Å². The highest BCUT2D eigenvalue weighted by Crippen LogP contribution is 2.40. The molecule has 1 aliphatic rings. The third-order valence-corrected chi connectivity index (χ3v) is 5.11. The summed E-state index contributed by atoms with van der Waals surface area (Å²) in [6.07, 6.45) is 8.37. The van der Waals surface area contributed by atoms with E-state index < -0.39 is 0 Å². The molecule has 130 valence electrons. The Bertz CT molecular complexity index is 792. The van der Waals surface area contributed by atoms with Gasteiger partial charge >= 0.3 is 0 Å². The second-order valence-corrected chi connectivity index (χ2v) is 6.56. The summed E-state index contributed by atoms with van der Waals surface area (Å²) in [5.74, 6) is 2.23. The molecule has 0 radical (unpaired) electrons. The molecule has 1 fully saturated rings. The van der Waals surface area contributed by atoms with Gasteiger partial charge in [-0.1, -0.05) is 35.5 Å². The molecule has 6 nitrogen and oxygen atoms in total. The Balaban J connectivity index is 1.61. The molecule has 6 heteroatoms. The van der Waals surface area contributed by atoms with Crippen LogP contribution in [0.25, 0.3) is 0 Å². The van der Waals surface area contributed by atoms with Gasteiger partial charge in [0.15, 0.2) is 0 Å². The van der Waals surface area contributed by atoms with Gasteiger partial charge in [0.05, 0.1) is 5.92 Å². The van der Waals surface area contributed by atoms with E-state index in [0.29, 0.717) is 18.1 Å². The van der Waals surface area contributed by atoms with Gasteiger partial charge in [-0.05, 0) is 31.2 Å². The summed E-state index contributed by atoms with van der Waals surface area (Å²) in [7, 11) is 1.73. The number of imidazole rings is 1. The van der Waals surface area contributed by atoms with E-state index in [4.69, 9.17) is 9.26 Å². The fraction of sp³-hybridized carbons (Fsp3) is 0.421. The van der Waals surface area contributed by atoms with Gasteiger partial charge < -0.3 is 14.2 Å². The first-order valence-corrected chi connectivity index (χ1v) is 8.73. The van der Waals surface area contributed by atoms with Crippen molar-refractivity contribution < 1.29 is 9.26 Å². The lowest BCUT2D eigenvalue weighted by molar-refractivity contribution is -0.0178. The van der Waals surface area contributed by atoms with Crippen molar-refractivity contribution in [2.45, 2.75) is 43.6 Å². The Labute approximate surface area is 146 Å². The first-order chi connectivity index (χ1) is 12.3. The second-order valence-electron chi connectivity index (χ2n) is 6.56. The molecule has 2 aromatic heterocycles. The van der Waals surface area contributed by atoms with E-state index in [0.717, 1.165) is 31.5 Å². The number of rotatable bonds is 6. The Kier molecular flexibility index (Phi) is 4.36. The lowest BCUT2D eigenvalue weighted by Crippen LogP contribution is -2.26. The Morgan fingerprint density at radius 2 is 2.04 bits per heavy atom. The molecule has 0 aliphatic heterocycles. The molecule has 3 aromatic rings. The fourth-order valence-electron chi connectivity index (χ4n) is 3.69. The van der Waals surface area contributed by atoms with E-state index in [9.17, 15) is 0 Å². The third kappa shape index (κ3) is 3.09. The number of hydrogen-bond acceptors (Lipinski definition) is 5. The fourth-order valence-corrected chi connectivity index (χ4v) is 3.69. The maximum Gasteiger partial charge on any atom is 0.227 e. The lowest BCUT2D eigenvalue weighted by Gasteiger charge is -2.22. The average molecular weight is 338 g/mol. The number of nitrogens with one attached hydrogen (secondary N) is 1. The van der Waals surface area contributed by atoms with E-state index in [-0.39, 0.29) is 11.5 Å². The van der Waals surface area contributed by atoms with Crippen molar-refractivity contribution >= 4 is 0 Å². The minimum atomic E-state index is -0.380. The maximum atomic E-state index is 5.76. The normalized spacial score (nSPS) is 17.6. The van der Waals surface area contributed by atoms with Gasteiger partial charge in [-0.25, -0.2) is 4.98 Å². The highest BCUT2D eigenvalue weighted by Gasteiger charge is 2.40. The van der Waals surface area contributed by atoms with Gasteiger partial charge in [0, 0.05) is 25.9 Å². The monoisotopic (exact) mass is 338 g/mol. The maximum absolute atomic E-state index is 5.76. The Morgan fingerprint density at radius 1 is 1.24 bits per heavy atom. The molecule has 1 aliphatic carbocycles. The molecular formula is C19H22N4O2. The molecule has 0 spiro atoms. The number of benzene rings is 1. The zero-order valence-corrected chi connectivity index (χ0v) is 14.3. The third-order valence-electron chi connectivity index (χ3n) is 5.11. The summed E-state index contributed by atoms with van der Waals surface area (Å²) in [5.41, 5.74) is 0.786. The molecule has 1 N–H and O–H groups in total. The summed E-state index contributed by atoms with van der Waals surface area (Å²) in [4.78, 5) is 12.3. The highest BCUT2D eigenvalue weighted by atomic mass is 16.5. The van der Waals surface area contributed by atoms with Crippen LogP contribution in [0.1, 0.15) is 54.7 Å². The molecule has 1 atom stereocenters. The SMILES string of the molecule is COC1(c2noc(CC(c3ccccc3)c3ncc[nH]3)n2)CCCC1. The van der Waals surface area contributed by atoms with Crippen molar-refractivity contribution in [3.05, 3.63) is 65.8 Å². The van der Waals surface area contributed by atoms with Crippen LogP contribution in [0.4, 0.5) is 0 Å². The Morgan fingerprint density at radius 3 is 2.72 bits per heavy atom. The predicted molar refractivity (Wildman–Crippen MR) is 92.0 cm³/mol. The minimum Gasteiger partial charge on any atom is -0.370 e. The van der Waals surface area contributed by atoms with Crippen molar-refractivity contribution in [2.24, 2.45) is 0 Å². The van der Waals surface area contributed by atoms with E-state index in [1.165, 1.54) is 5.56 Å². The molecule has 2 heterocycles. The van der Waals surface area contributed by atoms with Crippen LogP contribution in [-0.2, 0) is 16.8 Å². The van der Waals surface area contributed by atoms with Gasteiger partial charge in [-0.3, -0.25) is 0 Å². The Hall–Kier alpha value is -2.47. The van der Waals surface area contributed by atoms with Gasteiger partial charge in [-0.15, -0.1) is 0 Å². The molecule has 1 unspecified atom stereocenters. The standard InChI is InChI=1S/C19H22N4O2/c1-24-19(9-5-6-10-19)18-22-16(25-23-18)13-15(17-20-11-12-21-17)14-7-3-2-4-8-14/h2-4,7-8,11-12,15H,5-6,9-10,13H2,1H3,(H,20,21). The summed E-state index contributed by atoms with van der Waals surface area (Å²) in [6.45, 7) is 0. The molecular weight excluding hydrogens is 316 g/mol. The van der Waals surface area contributed by atoms with Gasteiger partial charge in [0.2, 0.25) is 11.7 Å².